The fourth-order valence-electron chi connectivity index (χ4n) is 4.17. The van der Waals surface area contributed by atoms with Crippen LogP contribution in [0.1, 0.15) is 32.0 Å². The lowest BCUT2D eigenvalue weighted by Crippen LogP contribution is -2.26. The van der Waals surface area contributed by atoms with Crippen molar-refractivity contribution in [2.24, 2.45) is 5.73 Å². The van der Waals surface area contributed by atoms with Crippen LogP contribution in [-0.2, 0) is 17.9 Å². The molecule has 2 aromatic heterocycles. The van der Waals surface area contributed by atoms with Crippen molar-refractivity contribution in [1.82, 2.24) is 9.55 Å². The molecule has 0 fully saturated rings. The Balaban J connectivity index is 1.37. The molecule has 0 saturated heterocycles. The molecule has 3 amide bonds. The Labute approximate surface area is 234 Å². The number of hydrogen-bond donors (Lipinski definition) is 2. The highest BCUT2D eigenvalue weighted by Gasteiger charge is 2.19. The van der Waals surface area contributed by atoms with Crippen LogP contribution in [0.2, 0.25) is 0 Å². The molecule has 5 rings (SSSR count). The lowest BCUT2D eigenvalue weighted by Gasteiger charge is -2.17. The number of carbonyl (C=O) groups excluding carboxylic acids is 3. The molecule has 202 valence electrons. The fourth-order valence-corrected chi connectivity index (χ4v) is 4.92. The van der Waals surface area contributed by atoms with Crippen LogP contribution in [0.5, 0.6) is 5.06 Å². The van der Waals surface area contributed by atoms with Gasteiger partial charge >= 0.3 is 0 Å². The number of benzene rings is 3. The molecule has 0 saturated carbocycles. The van der Waals surface area contributed by atoms with E-state index >= 15 is 0 Å². The number of aromatic nitrogens is 2. The number of thiophene rings is 1. The summed E-state index contributed by atoms with van der Waals surface area (Å²) in [7, 11) is 1.69. The normalized spacial score (nSPS) is 10.8. The van der Waals surface area contributed by atoms with E-state index < -0.39 is 5.91 Å². The molecule has 0 radical (unpaired) electrons. The van der Waals surface area contributed by atoms with Gasteiger partial charge < -0.3 is 19.9 Å². The zero-order valence-corrected chi connectivity index (χ0v) is 22.6. The number of aryl methyl sites for hydroxylation is 1. The van der Waals surface area contributed by atoms with Gasteiger partial charge in [-0.3, -0.25) is 19.7 Å². The predicted octanol–water partition coefficient (Wildman–Crippen LogP) is 5.08. The van der Waals surface area contributed by atoms with Crippen LogP contribution in [0.3, 0.4) is 0 Å². The van der Waals surface area contributed by atoms with E-state index in [-0.39, 0.29) is 30.7 Å². The number of hydrogen-bond acceptors (Lipinski definition) is 6. The SMILES string of the molecule is CN(C(=O)c1ccccc1)c1ccc2c(c1)nc(NC(=O)c1ccc(OCc3ccccc3)s1)n2CCC(N)=O. The standard InChI is InChI=1S/C30H27N5O4S/c1-34(29(38)21-10-6-3-7-11-21)22-12-13-24-23(18-22)32-30(35(24)17-16-26(31)36)33-28(37)25-14-15-27(40-25)39-19-20-8-4-2-5-9-20/h2-15,18H,16-17,19H2,1H3,(H2,31,36)(H,32,33,37). The third-order valence-corrected chi connectivity index (χ3v) is 7.28. The second-order valence-corrected chi connectivity index (χ2v) is 10.1. The van der Waals surface area contributed by atoms with Crippen molar-refractivity contribution in [3.05, 3.63) is 107 Å². The van der Waals surface area contributed by atoms with Crippen LogP contribution in [0, 0.1) is 0 Å². The van der Waals surface area contributed by atoms with Crippen molar-refractivity contribution in [2.45, 2.75) is 19.6 Å². The van der Waals surface area contributed by atoms with Gasteiger partial charge in [-0.15, -0.1) is 0 Å². The highest BCUT2D eigenvalue weighted by atomic mass is 32.1. The van der Waals surface area contributed by atoms with Gasteiger partial charge in [0, 0.05) is 31.3 Å². The Kier molecular flexibility index (Phi) is 7.88. The Hall–Kier alpha value is -4.96. The smallest absolute Gasteiger partial charge is 0.268 e. The number of nitrogens with zero attached hydrogens (tertiary/aromatic N) is 3. The highest BCUT2D eigenvalue weighted by molar-refractivity contribution is 7.15. The van der Waals surface area contributed by atoms with Crippen molar-refractivity contribution in [2.75, 3.05) is 17.3 Å². The molecule has 3 aromatic carbocycles. The van der Waals surface area contributed by atoms with E-state index in [2.05, 4.69) is 10.3 Å². The van der Waals surface area contributed by atoms with Crippen LogP contribution in [0.4, 0.5) is 11.6 Å². The molecule has 10 heteroatoms. The van der Waals surface area contributed by atoms with Crippen LogP contribution in [0.15, 0.2) is 91.0 Å². The molecule has 0 atom stereocenters. The van der Waals surface area contributed by atoms with Gasteiger partial charge in [0.15, 0.2) is 5.06 Å². The van der Waals surface area contributed by atoms with Gasteiger partial charge in [-0.05, 0) is 48.0 Å². The molecule has 0 aliphatic rings. The minimum atomic E-state index is -0.470. The molecule has 0 aliphatic heterocycles. The summed E-state index contributed by atoms with van der Waals surface area (Å²) in [5.74, 6) is -0.714. The van der Waals surface area contributed by atoms with E-state index in [9.17, 15) is 14.4 Å². The van der Waals surface area contributed by atoms with Crippen LogP contribution in [-0.4, -0.2) is 34.3 Å². The number of nitrogens with two attached hydrogens (primary N) is 1. The van der Waals surface area contributed by atoms with Gasteiger partial charge in [0.2, 0.25) is 11.9 Å². The van der Waals surface area contributed by atoms with E-state index in [1.807, 2.05) is 54.6 Å². The zero-order valence-electron chi connectivity index (χ0n) is 21.7. The highest BCUT2D eigenvalue weighted by Crippen LogP contribution is 2.29. The molecule has 0 bridgehead atoms. The average Bonchev–Trinajstić information content (AvgIpc) is 3.59. The van der Waals surface area contributed by atoms with E-state index in [4.69, 9.17) is 10.5 Å². The van der Waals surface area contributed by atoms with Gasteiger partial charge in [0.05, 0.1) is 15.9 Å². The second-order valence-electron chi connectivity index (χ2n) is 9.05. The monoisotopic (exact) mass is 553 g/mol. The summed E-state index contributed by atoms with van der Waals surface area (Å²) < 4.78 is 7.57. The summed E-state index contributed by atoms with van der Waals surface area (Å²) in [6.07, 6.45) is 0.0684. The summed E-state index contributed by atoms with van der Waals surface area (Å²) in [6, 6.07) is 27.6. The van der Waals surface area contributed by atoms with Gasteiger partial charge in [-0.25, -0.2) is 4.98 Å². The number of fused-ring (bicyclic) bond motifs is 1. The maximum absolute atomic E-state index is 13.1. The summed E-state index contributed by atoms with van der Waals surface area (Å²) in [5, 5.41) is 3.48. The molecule has 5 aromatic rings. The van der Waals surface area contributed by atoms with Gasteiger partial charge in [-0.1, -0.05) is 59.9 Å². The number of primary amides is 1. The van der Waals surface area contributed by atoms with E-state index in [0.717, 1.165) is 5.56 Å². The quantitative estimate of drug-likeness (QED) is 0.250. The number of carbonyl (C=O) groups is 3. The Bertz CT molecular complexity index is 1660. The van der Waals surface area contributed by atoms with Gasteiger partial charge in [0.25, 0.3) is 11.8 Å². The first kappa shape index (κ1) is 26.6. The van der Waals surface area contributed by atoms with Crippen molar-refractivity contribution >= 4 is 51.7 Å². The first-order valence-electron chi connectivity index (χ1n) is 12.6. The molecule has 0 spiro atoms. The predicted molar refractivity (Wildman–Crippen MR) is 156 cm³/mol. The molecule has 0 unspecified atom stereocenters. The van der Waals surface area contributed by atoms with E-state index in [1.54, 1.807) is 48.0 Å². The molecule has 2 heterocycles. The maximum atomic E-state index is 13.1. The molecular weight excluding hydrogens is 526 g/mol. The van der Waals surface area contributed by atoms with E-state index in [1.165, 1.54) is 16.2 Å². The summed E-state index contributed by atoms with van der Waals surface area (Å²) in [6.45, 7) is 0.629. The largest absolute Gasteiger partial charge is 0.479 e. The minimum absolute atomic E-state index is 0.0684. The Morgan fingerprint density at radius 3 is 2.42 bits per heavy atom. The van der Waals surface area contributed by atoms with Crippen molar-refractivity contribution in [3.8, 4) is 5.06 Å². The van der Waals surface area contributed by atoms with Gasteiger partial charge in [0.1, 0.15) is 6.61 Å². The number of nitrogens with one attached hydrogen (secondary N) is 1. The first-order valence-corrected chi connectivity index (χ1v) is 13.4. The maximum Gasteiger partial charge on any atom is 0.268 e. The zero-order chi connectivity index (χ0) is 28.1. The molecular formula is C30H27N5O4S. The third-order valence-electron chi connectivity index (χ3n) is 6.28. The van der Waals surface area contributed by atoms with Crippen LogP contribution in [0.25, 0.3) is 11.0 Å². The minimum Gasteiger partial charge on any atom is -0.479 e. The van der Waals surface area contributed by atoms with Crippen LogP contribution < -0.4 is 20.7 Å². The number of ether oxygens (including phenoxy) is 1. The van der Waals surface area contributed by atoms with E-state index in [0.29, 0.717) is 38.8 Å². The number of rotatable bonds is 10. The third kappa shape index (κ3) is 6.02. The summed E-state index contributed by atoms with van der Waals surface area (Å²) in [5.41, 5.74) is 8.88. The van der Waals surface area contributed by atoms with Crippen molar-refractivity contribution < 1.29 is 19.1 Å². The molecule has 9 nitrogen and oxygen atoms in total. The van der Waals surface area contributed by atoms with Gasteiger partial charge in [-0.2, -0.15) is 0 Å². The lowest BCUT2D eigenvalue weighted by molar-refractivity contribution is -0.118. The Morgan fingerprint density at radius 1 is 0.975 bits per heavy atom. The Morgan fingerprint density at radius 2 is 1.70 bits per heavy atom. The number of imidazole rings is 1. The van der Waals surface area contributed by atoms with Crippen LogP contribution >= 0.6 is 11.3 Å². The average molecular weight is 554 g/mol. The number of amides is 3. The molecule has 3 N–H and O–H groups in total. The lowest BCUT2D eigenvalue weighted by atomic mass is 10.2. The summed E-state index contributed by atoms with van der Waals surface area (Å²) in [4.78, 5) is 44.2. The first-order chi connectivity index (χ1) is 19.4. The molecule has 40 heavy (non-hydrogen) atoms. The molecule has 0 aliphatic carbocycles. The number of anilines is 2. The summed E-state index contributed by atoms with van der Waals surface area (Å²) >= 11 is 1.23. The topological polar surface area (TPSA) is 120 Å². The van der Waals surface area contributed by atoms with Crippen molar-refractivity contribution in [1.29, 1.82) is 0 Å². The second kappa shape index (κ2) is 11.8. The van der Waals surface area contributed by atoms with Crippen molar-refractivity contribution in [3.63, 3.8) is 0 Å². The fraction of sp³-hybridized carbons (Fsp3) is 0.133.